The molecule has 1 amide bonds. The van der Waals surface area contributed by atoms with Gasteiger partial charge in [0.25, 0.3) is 0 Å². The Hall–Kier alpha value is -1.15. The highest BCUT2D eigenvalue weighted by atomic mass is 35.5. The Bertz CT molecular complexity index is 727. The van der Waals surface area contributed by atoms with Gasteiger partial charge in [-0.05, 0) is 63.3 Å². The Morgan fingerprint density at radius 2 is 1.88 bits per heavy atom. The van der Waals surface area contributed by atoms with Gasteiger partial charge in [0.2, 0.25) is 15.9 Å². The lowest BCUT2D eigenvalue weighted by Crippen LogP contribution is -2.39. The normalized spacial score (nSPS) is 25.3. The first-order chi connectivity index (χ1) is 11.4. The molecule has 0 spiro atoms. The standard InChI is InChI=1S/C17H25N3O3S.ClH/c1-11-15(4-3-5-16(11)24(22,23)18-2)20-17(21)10-12-8-13-6-7-14(9-12)19-13;/h3-5,12-14,18-19H,6-10H2,1-2H3,(H,20,21);1H. The van der Waals surface area contributed by atoms with E-state index in [1.165, 1.54) is 19.9 Å². The Kier molecular flexibility index (Phi) is 6.48. The van der Waals surface area contributed by atoms with E-state index in [-0.39, 0.29) is 23.2 Å². The first-order valence-corrected chi connectivity index (χ1v) is 9.96. The molecule has 0 radical (unpaired) electrons. The van der Waals surface area contributed by atoms with Gasteiger partial charge in [-0.25, -0.2) is 13.1 Å². The maximum atomic E-state index is 12.4. The van der Waals surface area contributed by atoms with Crippen LogP contribution in [0, 0.1) is 12.8 Å². The quantitative estimate of drug-likeness (QED) is 0.722. The Labute approximate surface area is 155 Å². The number of anilines is 1. The molecule has 6 nitrogen and oxygen atoms in total. The molecule has 2 bridgehead atoms. The minimum atomic E-state index is -3.53. The smallest absolute Gasteiger partial charge is 0.240 e. The molecule has 8 heteroatoms. The van der Waals surface area contributed by atoms with Gasteiger partial charge in [-0.15, -0.1) is 12.4 Å². The number of amides is 1. The fraction of sp³-hybridized carbons (Fsp3) is 0.588. The van der Waals surface area contributed by atoms with Crippen LogP contribution < -0.4 is 15.4 Å². The maximum absolute atomic E-state index is 12.4. The van der Waals surface area contributed by atoms with Crippen LogP contribution in [0.4, 0.5) is 5.69 Å². The van der Waals surface area contributed by atoms with Crippen LogP contribution in [0.25, 0.3) is 0 Å². The third kappa shape index (κ3) is 4.53. The largest absolute Gasteiger partial charge is 0.326 e. The molecule has 2 aliphatic rings. The lowest BCUT2D eigenvalue weighted by Gasteiger charge is -2.28. The van der Waals surface area contributed by atoms with Crippen molar-refractivity contribution in [1.29, 1.82) is 0 Å². The average Bonchev–Trinajstić information content (AvgIpc) is 2.88. The van der Waals surface area contributed by atoms with Gasteiger partial charge in [0.05, 0.1) is 4.90 Å². The summed E-state index contributed by atoms with van der Waals surface area (Å²) in [7, 11) is -2.15. The van der Waals surface area contributed by atoms with Gasteiger partial charge in [0.15, 0.2) is 0 Å². The van der Waals surface area contributed by atoms with Gasteiger partial charge < -0.3 is 10.6 Å². The molecule has 2 fully saturated rings. The van der Waals surface area contributed by atoms with Crippen molar-refractivity contribution >= 4 is 34.0 Å². The van der Waals surface area contributed by atoms with Gasteiger partial charge in [-0.3, -0.25) is 4.79 Å². The Morgan fingerprint density at radius 1 is 1.24 bits per heavy atom. The van der Waals surface area contributed by atoms with E-state index in [4.69, 9.17) is 0 Å². The predicted octanol–water partition coefficient (Wildman–Crippen LogP) is 2.18. The molecule has 1 aromatic rings. The number of benzene rings is 1. The molecular weight excluding hydrogens is 362 g/mol. The first-order valence-electron chi connectivity index (χ1n) is 8.48. The summed E-state index contributed by atoms with van der Waals surface area (Å²) in [5, 5.41) is 6.47. The SMILES string of the molecule is CNS(=O)(=O)c1cccc(NC(=O)CC2CC3CCC(C2)N3)c1C.Cl. The molecule has 0 saturated carbocycles. The average molecular weight is 388 g/mol. The molecular formula is C17H26ClN3O3S. The summed E-state index contributed by atoms with van der Waals surface area (Å²) in [5.41, 5.74) is 1.12. The number of halogens is 1. The van der Waals surface area contributed by atoms with E-state index in [0.717, 1.165) is 12.8 Å². The van der Waals surface area contributed by atoms with Gasteiger partial charge in [-0.2, -0.15) is 0 Å². The van der Waals surface area contributed by atoms with Crippen LogP contribution in [0.1, 0.15) is 37.7 Å². The molecule has 25 heavy (non-hydrogen) atoms. The second-order valence-electron chi connectivity index (χ2n) is 6.86. The minimum Gasteiger partial charge on any atom is -0.326 e. The highest BCUT2D eigenvalue weighted by Crippen LogP contribution is 2.33. The Morgan fingerprint density at radius 3 is 2.48 bits per heavy atom. The van der Waals surface area contributed by atoms with Crippen LogP contribution in [-0.2, 0) is 14.8 Å². The Balaban J connectivity index is 0.00000225. The zero-order valence-electron chi connectivity index (χ0n) is 14.5. The van der Waals surface area contributed by atoms with E-state index in [9.17, 15) is 13.2 Å². The number of piperidine rings is 1. The van der Waals surface area contributed by atoms with Crippen molar-refractivity contribution in [3.05, 3.63) is 23.8 Å². The van der Waals surface area contributed by atoms with Crippen LogP contribution in [-0.4, -0.2) is 33.5 Å². The topological polar surface area (TPSA) is 87.3 Å². The minimum absolute atomic E-state index is 0. The number of carbonyl (C=O) groups is 1. The van der Waals surface area contributed by atoms with E-state index in [1.807, 2.05) is 0 Å². The highest BCUT2D eigenvalue weighted by Gasteiger charge is 2.34. The molecule has 0 aromatic heterocycles. The number of hydrogen-bond acceptors (Lipinski definition) is 4. The summed E-state index contributed by atoms with van der Waals surface area (Å²) in [6, 6.07) is 6.06. The molecule has 2 aliphatic heterocycles. The lowest BCUT2D eigenvalue weighted by molar-refractivity contribution is -0.117. The second-order valence-corrected chi connectivity index (χ2v) is 8.72. The van der Waals surface area contributed by atoms with Crippen LogP contribution in [0.15, 0.2) is 23.1 Å². The van der Waals surface area contributed by atoms with Crippen molar-refractivity contribution < 1.29 is 13.2 Å². The summed E-state index contributed by atoms with van der Waals surface area (Å²) >= 11 is 0. The monoisotopic (exact) mass is 387 g/mol. The molecule has 2 heterocycles. The van der Waals surface area contributed by atoms with E-state index >= 15 is 0 Å². The van der Waals surface area contributed by atoms with Crippen molar-refractivity contribution in [3.8, 4) is 0 Å². The lowest BCUT2D eigenvalue weighted by atomic mass is 9.89. The molecule has 140 valence electrons. The summed E-state index contributed by atoms with van der Waals surface area (Å²) in [4.78, 5) is 12.6. The van der Waals surface area contributed by atoms with E-state index < -0.39 is 10.0 Å². The molecule has 0 aliphatic carbocycles. The molecule has 1 aromatic carbocycles. The predicted molar refractivity (Wildman–Crippen MR) is 101 cm³/mol. The van der Waals surface area contributed by atoms with Crippen molar-refractivity contribution in [2.45, 2.75) is 56.0 Å². The number of fused-ring (bicyclic) bond motifs is 2. The van der Waals surface area contributed by atoms with Gasteiger partial charge >= 0.3 is 0 Å². The van der Waals surface area contributed by atoms with E-state index in [2.05, 4.69) is 15.4 Å². The van der Waals surface area contributed by atoms with E-state index in [0.29, 0.717) is 35.7 Å². The van der Waals surface area contributed by atoms with Gasteiger partial charge in [0, 0.05) is 24.2 Å². The summed E-state index contributed by atoms with van der Waals surface area (Å²) in [6.07, 6.45) is 5.03. The molecule has 2 atom stereocenters. The van der Waals surface area contributed by atoms with Crippen molar-refractivity contribution in [2.24, 2.45) is 5.92 Å². The van der Waals surface area contributed by atoms with Gasteiger partial charge in [0.1, 0.15) is 0 Å². The molecule has 3 N–H and O–H groups in total. The zero-order chi connectivity index (χ0) is 17.3. The fourth-order valence-corrected chi connectivity index (χ4v) is 4.95. The van der Waals surface area contributed by atoms with Crippen molar-refractivity contribution in [3.63, 3.8) is 0 Å². The molecule has 2 unspecified atom stereocenters. The summed E-state index contributed by atoms with van der Waals surface area (Å²) in [6.45, 7) is 1.71. The van der Waals surface area contributed by atoms with Crippen LogP contribution in [0.3, 0.4) is 0 Å². The van der Waals surface area contributed by atoms with Crippen LogP contribution >= 0.6 is 12.4 Å². The third-order valence-corrected chi connectivity index (χ3v) is 6.72. The van der Waals surface area contributed by atoms with Crippen LogP contribution in [0.5, 0.6) is 0 Å². The van der Waals surface area contributed by atoms with Crippen molar-refractivity contribution in [2.75, 3.05) is 12.4 Å². The van der Waals surface area contributed by atoms with Gasteiger partial charge in [-0.1, -0.05) is 6.07 Å². The first kappa shape index (κ1) is 20.2. The number of nitrogens with one attached hydrogen (secondary N) is 3. The fourth-order valence-electron chi connectivity index (χ4n) is 3.96. The summed E-state index contributed by atoms with van der Waals surface area (Å²) in [5.74, 6) is 0.372. The summed E-state index contributed by atoms with van der Waals surface area (Å²) < 4.78 is 26.4. The van der Waals surface area contributed by atoms with Crippen LogP contribution in [0.2, 0.25) is 0 Å². The van der Waals surface area contributed by atoms with Crippen molar-refractivity contribution in [1.82, 2.24) is 10.0 Å². The third-order valence-electron chi connectivity index (χ3n) is 5.16. The second kappa shape index (κ2) is 8.03. The maximum Gasteiger partial charge on any atom is 0.240 e. The highest BCUT2D eigenvalue weighted by molar-refractivity contribution is 7.89. The number of sulfonamides is 1. The number of hydrogen-bond donors (Lipinski definition) is 3. The zero-order valence-corrected chi connectivity index (χ0v) is 16.2. The molecule has 2 saturated heterocycles. The number of rotatable bonds is 5. The molecule has 3 rings (SSSR count). The number of carbonyl (C=O) groups excluding carboxylic acids is 1. The van der Waals surface area contributed by atoms with E-state index in [1.54, 1.807) is 25.1 Å².